The van der Waals surface area contributed by atoms with Crippen molar-refractivity contribution in [1.82, 2.24) is 0 Å². The third-order valence-electron chi connectivity index (χ3n) is 1.76. The Morgan fingerprint density at radius 2 is 1.61 bits per heavy atom. The molecule has 0 amide bonds. The van der Waals surface area contributed by atoms with E-state index in [1.807, 2.05) is 0 Å². The fraction of sp³-hybridized carbons (Fsp3) is 1.00. The maximum absolute atomic E-state index is 10.8. The van der Waals surface area contributed by atoms with Gasteiger partial charge in [-0.15, -0.1) is 0 Å². The molecule has 0 saturated heterocycles. The van der Waals surface area contributed by atoms with Gasteiger partial charge in [-0.25, -0.2) is 8.42 Å². The molecule has 0 saturated carbocycles. The first-order valence-electron chi connectivity index (χ1n) is 5.19. The molecular weight excluding hydrogens is 343 g/mol. The van der Waals surface area contributed by atoms with Crippen molar-refractivity contribution in [2.45, 2.75) is 25.7 Å². The Morgan fingerprint density at radius 3 is 2.06 bits per heavy atom. The predicted octanol–water partition coefficient (Wildman–Crippen LogP) is -0.627. The van der Waals surface area contributed by atoms with Crippen LogP contribution in [0.25, 0.3) is 0 Å². The van der Waals surface area contributed by atoms with Crippen molar-refractivity contribution in [1.29, 1.82) is 0 Å². The molecule has 10 heteroatoms. The van der Waals surface area contributed by atoms with Crippen molar-refractivity contribution in [2.24, 2.45) is 0 Å². The van der Waals surface area contributed by atoms with Gasteiger partial charge in [0.2, 0.25) is 0 Å². The van der Waals surface area contributed by atoms with Gasteiger partial charge in [-0.1, -0.05) is 21.6 Å². The van der Waals surface area contributed by atoms with E-state index in [0.717, 1.165) is 30.8 Å². The first kappa shape index (κ1) is 22.4. The summed E-state index contributed by atoms with van der Waals surface area (Å²) in [4.78, 5) is 0. The van der Waals surface area contributed by atoms with Gasteiger partial charge in [0.15, 0.2) is 11.1 Å². The van der Waals surface area contributed by atoms with Crippen molar-refractivity contribution in [3.8, 4) is 0 Å². The van der Waals surface area contributed by atoms with E-state index >= 15 is 0 Å². The van der Waals surface area contributed by atoms with Crippen LogP contribution < -0.4 is 29.6 Å². The molecule has 0 aliphatic rings. The van der Waals surface area contributed by atoms with E-state index < -0.39 is 19.9 Å². The first-order chi connectivity index (χ1) is 7.92. The maximum Gasteiger partial charge on any atom is 1.00 e. The molecule has 0 aliphatic carbocycles. The Hall–Kier alpha value is 2.14. The predicted molar refractivity (Wildman–Crippen MR) is 82.0 cm³/mol. The Kier molecular flexibility index (Phi) is 17.6. The first-order valence-corrected chi connectivity index (χ1v) is 11.6. The molecule has 0 rings (SSSR count). The normalized spacial score (nSPS) is 15.7. The van der Waals surface area contributed by atoms with Gasteiger partial charge in [0.25, 0.3) is 0 Å². The number of hydrogen-bond acceptors (Lipinski definition) is 5. The summed E-state index contributed by atoms with van der Waals surface area (Å²) in [6.45, 7) is 0. The van der Waals surface area contributed by atoms with Crippen LogP contribution in [0.3, 0.4) is 0 Å². The van der Waals surface area contributed by atoms with Crippen molar-refractivity contribution in [3.63, 3.8) is 0 Å². The smallest absolute Gasteiger partial charge is 0.306 e. The molecule has 0 bridgehead atoms. The molecule has 0 radical (unpaired) electrons. The van der Waals surface area contributed by atoms with Crippen molar-refractivity contribution in [3.05, 3.63) is 0 Å². The van der Waals surface area contributed by atoms with Crippen LogP contribution in [0.1, 0.15) is 25.7 Å². The van der Waals surface area contributed by atoms with Gasteiger partial charge in [0.05, 0.1) is 0 Å². The molecule has 0 aromatic rings. The third kappa shape index (κ3) is 20.5. The Bertz CT molecular complexity index is 309. The average molecular weight is 362 g/mol. The molecule has 0 aliphatic heterocycles. The second-order valence-corrected chi connectivity index (χ2v) is 10.3. The zero-order valence-electron chi connectivity index (χ0n) is 10.4. The molecule has 4 nitrogen and oxygen atoms in total. The molecule has 2 atom stereocenters. The van der Waals surface area contributed by atoms with Gasteiger partial charge < -0.3 is 9.11 Å². The standard InChI is InChI=1S/C8H18O4S5.Na/c9-16(10)7-3-1-5-14-15-6-2-4-8-17(11,12)13;/h1-8H2,(H,9,10)(H,11,12,13);/q;+1. The largest absolute Gasteiger partial charge is 1.00 e. The van der Waals surface area contributed by atoms with Crippen LogP contribution in [-0.4, -0.2) is 40.5 Å². The maximum atomic E-state index is 10.8. The fourth-order valence-electron chi connectivity index (χ4n) is 0.950. The molecule has 0 aromatic carbocycles. The molecule has 18 heavy (non-hydrogen) atoms. The third-order valence-corrected chi connectivity index (χ3v) is 6.28. The van der Waals surface area contributed by atoms with E-state index in [2.05, 4.69) is 11.2 Å². The molecule has 2 unspecified atom stereocenters. The van der Waals surface area contributed by atoms with Crippen molar-refractivity contribution >= 4 is 52.6 Å². The zero-order chi connectivity index (χ0) is 13.1. The van der Waals surface area contributed by atoms with Gasteiger partial charge in [-0.2, -0.15) is 0 Å². The minimum Gasteiger partial charge on any atom is -0.306 e. The summed E-state index contributed by atoms with van der Waals surface area (Å²) in [7, 11) is 0.499. The van der Waals surface area contributed by atoms with Gasteiger partial charge in [0.1, 0.15) is 8.77 Å². The van der Waals surface area contributed by atoms with E-state index in [-0.39, 0.29) is 35.3 Å². The molecule has 0 fully saturated rings. The number of unbranched alkanes of at least 4 members (excludes halogenated alkanes) is 2. The van der Waals surface area contributed by atoms with E-state index in [1.54, 1.807) is 21.6 Å². The monoisotopic (exact) mass is 361 g/mol. The SMILES string of the molecule is O=S(O)CCCCSSCCCCS(=O)(O)=S.[Na+]. The summed E-state index contributed by atoms with van der Waals surface area (Å²) in [6, 6.07) is 0. The van der Waals surface area contributed by atoms with Crippen LogP contribution in [0, 0.1) is 0 Å². The van der Waals surface area contributed by atoms with Gasteiger partial charge >= 0.3 is 29.6 Å². The van der Waals surface area contributed by atoms with Gasteiger partial charge in [-0.3, -0.25) is 0 Å². The van der Waals surface area contributed by atoms with Crippen LogP contribution >= 0.6 is 21.6 Å². The van der Waals surface area contributed by atoms with Gasteiger partial charge in [-0.05, 0) is 25.7 Å². The van der Waals surface area contributed by atoms with E-state index in [1.165, 1.54) is 0 Å². The molecule has 0 heterocycles. The number of hydrogen-bond donors (Lipinski definition) is 2. The minimum atomic E-state index is -2.97. The van der Waals surface area contributed by atoms with E-state index in [9.17, 15) is 8.42 Å². The summed E-state index contributed by atoms with van der Waals surface area (Å²) in [5.41, 5.74) is 0. The molecule has 0 aromatic heterocycles. The van der Waals surface area contributed by atoms with E-state index in [4.69, 9.17) is 9.11 Å². The summed E-state index contributed by atoms with van der Waals surface area (Å²) in [6.07, 6.45) is 3.31. The minimum absolute atomic E-state index is 0. The zero-order valence-corrected chi connectivity index (χ0v) is 16.5. The Labute approximate surface area is 147 Å². The second-order valence-electron chi connectivity index (χ2n) is 3.37. The summed E-state index contributed by atoms with van der Waals surface area (Å²) >= 11 is 2.72. The summed E-state index contributed by atoms with van der Waals surface area (Å²) in [5.74, 6) is 2.48. The van der Waals surface area contributed by atoms with Crippen molar-refractivity contribution in [2.75, 3.05) is 23.0 Å². The van der Waals surface area contributed by atoms with Crippen LogP contribution in [-0.2, 0) is 31.0 Å². The van der Waals surface area contributed by atoms with E-state index in [0.29, 0.717) is 12.2 Å². The Morgan fingerprint density at radius 1 is 1.11 bits per heavy atom. The van der Waals surface area contributed by atoms with Crippen LogP contribution in [0.2, 0.25) is 0 Å². The average Bonchev–Trinajstić information content (AvgIpc) is 2.18. The Balaban J connectivity index is 0. The quantitative estimate of drug-likeness (QED) is 0.220. The van der Waals surface area contributed by atoms with Crippen LogP contribution in [0.4, 0.5) is 0 Å². The van der Waals surface area contributed by atoms with Crippen LogP contribution in [0.15, 0.2) is 0 Å². The number of rotatable bonds is 11. The topological polar surface area (TPSA) is 74.6 Å². The van der Waals surface area contributed by atoms with Gasteiger partial charge in [0, 0.05) is 34.2 Å². The molecule has 0 spiro atoms. The summed E-state index contributed by atoms with van der Waals surface area (Å²) < 4.78 is 38.5. The molecule has 104 valence electrons. The second kappa shape index (κ2) is 14.1. The fourth-order valence-corrected chi connectivity index (χ4v) is 4.62. The molecular formula is C8H18NaO4S5+. The van der Waals surface area contributed by atoms with Crippen LogP contribution in [0.5, 0.6) is 0 Å². The van der Waals surface area contributed by atoms with Crippen molar-refractivity contribution < 1.29 is 47.1 Å². The summed E-state index contributed by atoms with van der Waals surface area (Å²) in [5, 5.41) is 0. The molecule has 2 N–H and O–H groups in total.